The Hall–Kier alpha value is -3.10. The Labute approximate surface area is 146 Å². The Balaban J connectivity index is 1.65. The molecule has 0 spiro atoms. The highest BCUT2D eigenvalue weighted by molar-refractivity contribution is 5.94. The average molecular weight is 364 g/mol. The normalized spacial score (nSPS) is 11.6. The van der Waals surface area contributed by atoms with E-state index >= 15 is 0 Å². The molecule has 0 bridgehead atoms. The first-order valence-corrected chi connectivity index (χ1v) is 7.63. The van der Waals surface area contributed by atoms with E-state index in [2.05, 4.69) is 15.4 Å². The molecule has 1 amide bonds. The fourth-order valence-electron chi connectivity index (χ4n) is 2.48. The monoisotopic (exact) mass is 364 g/mol. The van der Waals surface area contributed by atoms with Gasteiger partial charge in [-0.15, -0.1) is 0 Å². The Morgan fingerprint density at radius 2 is 2.08 bits per heavy atom. The maximum Gasteiger partial charge on any atom is 0.416 e. The molecule has 1 N–H and O–H groups in total. The van der Waals surface area contributed by atoms with Gasteiger partial charge in [0.15, 0.2) is 12.3 Å². The molecule has 0 saturated heterocycles. The quantitative estimate of drug-likeness (QED) is 0.771. The predicted molar refractivity (Wildman–Crippen MR) is 88.8 cm³/mol. The van der Waals surface area contributed by atoms with Gasteiger partial charge in [0, 0.05) is 12.4 Å². The molecule has 136 valence electrons. The van der Waals surface area contributed by atoms with Crippen LogP contribution in [0.1, 0.15) is 11.3 Å². The van der Waals surface area contributed by atoms with Crippen LogP contribution in [0.15, 0.2) is 36.5 Å². The lowest BCUT2D eigenvalue weighted by molar-refractivity contribution is -0.137. The number of alkyl halides is 3. The summed E-state index contributed by atoms with van der Waals surface area (Å²) in [4.78, 5) is 16.2. The van der Waals surface area contributed by atoms with E-state index in [9.17, 15) is 18.0 Å². The molecule has 6 nitrogen and oxygen atoms in total. The molecule has 0 radical (unpaired) electrons. The van der Waals surface area contributed by atoms with E-state index < -0.39 is 24.3 Å². The number of hydrogen-bond acceptors (Lipinski definition) is 4. The van der Waals surface area contributed by atoms with Crippen LogP contribution in [0.5, 0.6) is 5.75 Å². The van der Waals surface area contributed by atoms with E-state index in [1.807, 2.05) is 6.92 Å². The highest BCUT2D eigenvalue weighted by atomic mass is 19.4. The summed E-state index contributed by atoms with van der Waals surface area (Å²) in [5, 5.41) is 7.63. The molecule has 0 unspecified atom stereocenters. The number of aromatic nitrogens is 3. The summed E-state index contributed by atoms with van der Waals surface area (Å²) in [5.41, 5.74) is 1.07. The largest absolute Gasteiger partial charge is 0.484 e. The first-order valence-electron chi connectivity index (χ1n) is 7.63. The van der Waals surface area contributed by atoms with Crippen LogP contribution >= 0.6 is 0 Å². The number of benzene rings is 1. The van der Waals surface area contributed by atoms with Gasteiger partial charge in [0.05, 0.1) is 23.1 Å². The first-order chi connectivity index (χ1) is 12.2. The molecular formula is C17H15F3N4O2. The summed E-state index contributed by atoms with van der Waals surface area (Å²) in [6.07, 6.45) is -2.99. The molecule has 0 fully saturated rings. The Kier molecular flexibility index (Phi) is 4.54. The van der Waals surface area contributed by atoms with Crippen molar-refractivity contribution in [2.45, 2.75) is 13.1 Å². The second-order valence-corrected chi connectivity index (χ2v) is 5.67. The Morgan fingerprint density at radius 1 is 1.31 bits per heavy atom. The maximum absolute atomic E-state index is 12.7. The van der Waals surface area contributed by atoms with Crippen LogP contribution in [0.3, 0.4) is 0 Å². The highest BCUT2D eigenvalue weighted by Crippen LogP contribution is 2.31. The topological polar surface area (TPSA) is 69.0 Å². The van der Waals surface area contributed by atoms with E-state index in [0.29, 0.717) is 11.3 Å². The van der Waals surface area contributed by atoms with Crippen LogP contribution < -0.4 is 10.1 Å². The number of halogens is 3. The van der Waals surface area contributed by atoms with Crippen molar-refractivity contribution in [3.63, 3.8) is 0 Å². The number of hydrogen-bond donors (Lipinski definition) is 1. The van der Waals surface area contributed by atoms with Crippen LogP contribution in [0.4, 0.5) is 18.9 Å². The number of carbonyl (C=O) groups is 1. The molecule has 26 heavy (non-hydrogen) atoms. The first kappa shape index (κ1) is 17.7. The molecular weight excluding hydrogens is 349 g/mol. The standard InChI is InChI=1S/C17H15F3N4O2/c1-10-14-7-12(8-21-16(14)24(2)23-10)22-15(25)9-26-13-5-3-4-11(6-13)17(18,19)20/h3-8H,9H2,1-2H3,(H,22,25). The van der Waals surface area contributed by atoms with E-state index in [4.69, 9.17) is 4.74 Å². The fourth-order valence-corrected chi connectivity index (χ4v) is 2.48. The van der Waals surface area contributed by atoms with E-state index in [1.165, 1.54) is 18.3 Å². The SMILES string of the molecule is Cc1nn(C)c2ncc(NC(=O)COc3cccc(C(F)(F)F)c3)cc12. The van der Waals surface area contributed by atoms with E-state index in [1.54, 1.807) is 17.8 Å². The number of nitrogens with zero attached hydrogens (tertiary/aromatic N) is 3. The van der Waals surface area contributed by atoms with Crippen molar-refractivity contribution < 1.29 is 22.7 Å². The van der Waals surface area contributed by atoms with E-state index in [-0.39, 0.29) is 5.75 Å². The second-order valence-electron chi connectivity index (χ2n) is 5.67. The van der Waals surface area contributed by atoms with Gasteiger partial charge in [-0.25, -0.2) is 4.98 Å². The molecule has 0 aliphatic rings. The molecule has 0 aliphatic carbocycles. The molecule has 0 atom stereocenters. The van der Waals surface area contributed by atoms with Crippen molar-refractivity contribution in [2.24, 2.45) is 7.05 Å². The number of pyridine rings is 1. The third-order valence-corrected chi connectivity index (χ3v) is 3.68. The van der Waals surface area contributed by atoms with Crippen molar-refractivity contribution in [3.8, 4) is 5.75 Å². The number of aryl methyl sites for hydroxylation is 2. The maximum atomic E-state index is 12.7. The lowest BCUT2D eigenvalue weighted by Gasteiger charge is -2.10. The summed E-state index contributed by atoms with van der Waals surface area (Å²) >= 11 is 0. The van der Waals surface area contributed by atoms with Crippen LogP contribution in [-0.4, -0.2) is 27.3 Å². The van der Waals surface area contributed by atoms with Gasteiger partial charge in [-0.05, 0) is 31.2 Å². The van der Waals surface area contributed by atoms with Gasteiger partial charge in [-0.1, -0.05) is 6.07 Å². The smallest absolute Gasteiger partial charge is 0.416 e. The zero-order valence-corrected chi connectivity index (χ0v) is 14.0. The van der Waals surface area contributed by atoms with Crippen molar-refractivity contribution in [1.29, 1.82) is 0 Å². The van der Waals surface area contributed by atoms with Crippen molar-refractivity contribution >= 4 is 22.6 Å². The lowest BCUT2D eigenvalue weighted by Crippen LogP contribution is -2.20. The number of ether oxygens (including phenoxy) is 1. The molecule has 2 heterocycles. The molecule has 3 rings (SSSR count). The third kappa shape index (κ3) is 3.76. The molecule has 3 aromatic rings. The number of rotatable bonds is 4. The lowest BCUT2D eigenvalue weighted by atomic mass is 10.2. The summed E-state index contributed by atoms with van der Waals surface area (Å²) in [6, 6.07) is 6.09. The summed E-state index contributed by atoms with van der Waals surface area (Å²) < 4.78 is 44.8. The van der Waals surface area contributed by atoms with Gasteiger partial charge in [-0.3, -0.25) is 9.48 Å². The minimum absolute atomic E-state index is 0.0355. The zero-order chi connectivity index (χ0) is 18.9. The van der Waals surface area contributed by atoms with E-state index in [0.717, 1.165) is 23.2 Å². The predicted octanol–water partition coefficient (Wildman–Crippen LogP) is 3.31. The Bertz CT molecular complexity index is 966. The minimum atomic E-state index is -4.47. The van der Waals surface area contributed by atoms with Crippen LogP contribution in [0.2, 0.25) is 0 Å². The fraction of sp³-hybridized carbons (Fsp3) is 0.235. The number of nitrogens with one attached hydrogen (secondary N) is 1. The van der Waals surface area contributed by atoms with Crippen LogP contribution in [0.25, 0.3) is 11.0 Å². The van der Waals surface area contributed by atoms with Gasteiger partial charge in [0.25, 0.3) is 5.91 Å². The highest BCUT2D eigenvalue weighted by Gasteiger charge is 2.30. The second kappa shape index (κ2) is 6.66. The zero-order valence-electron chi connectivity index (χ0n) is 14.0. The molecule has 0 aliphatic heterocycles. The van der Waals surface area contributed by atoms with Gasteiger partial charge in [-0.2, -0.15) is 18.3 Å². The Morgan fingerprint density at radius 3 is 2.81 bits per heavy atom. The van der Waals surface area contributed by atoms with Gasteiger partial charge < -0.3 is 10.1 Å². The van der Waals surface area contributed by atoms with Crippen LogP contribution in [-0.2, 0) is 18.0 Å². The summed E-state index contributed by atoms with van der Waals surface area (Å²) in [7, 11) is 1.77. The third-order valence-electron chi connectivity index (χ3n) is 3.68. The molecule has 0 saturated carbocycles. The van der Waals surface area contributed by atoms with Gasteiger partial charge >= 0.3 is 6.18 Å². The average Bonchev–Trinajstić information content (AvgIpc) is 2.86. The van der Waals surface area contributed by atoms with Crippen molar-refractivity contribution in [2.75, 3.05) is 11.9 Å². The molecule has 2 aromatic heterocycles. The number of anilines is 1. The summed E-state index contributed by atoms with van der Waals surface area (Å²) in [5.74, 6) is -0.545. The molecule has 1 aromatic carbocycles. The minimum Gasteiger partial charge on any atom is -0.484 e. The number of carbonyl (C=O) groups excluding carboxylic acids is 1. The summed E-state index contributed by atoms with van der Waals surface area (Å²) in [6.45, 7) is 1.40. The molecule has 9 heteroatoms. The van der Waals surface area contributed by atoms with Crippen molar-refractivity contribution in [3.05, 3.63) is 47.8 Å². The van der Waals surface area contributed by atoms with Crippen LogP contribution in [0, 0.1) is 6.92 Å². The number of fused-ring (bicyclic) bond motifs is 1. The van der Waals surface area contributed by atoms with Crippen molar-refractivity contribution in [1.82, 2.24) is 14.8 Å². The van der Waals surface area contributed by atoms with Gasteiger partial charge in [0.2, 0.25) is 0 Å². The van der Waals surface area contributed by atoms with Gasteiger partial charge in [0.1, 0.15) is 5.75 Å². The number of amides is 1.